The smallest absolute Gasteiger partial charge is 0.214 e. The monoisotopic (exact) mass is 384 g/mol. The average Bonchev–Trinajstić information content (AvgIpc) is 2.75. The van der Waals surface area contributed by atoms with E-state index in [0.717, 1.165) is 5.69 Å². The molecule has 0 saturated heterocycles. The Hall–Kier alpha value is -2.40. The first kappa shape index (κ1) is 20.3. The van der Waals surface area contributed by atoms with E-state index >= 15 is 0 Å². The molecule has 0 atom stereocenters. The van der Waals surface area contributed by atoms with Gasteiger partial charge in [0.15, 0.2) is 0 Å². The van der Waals surface area contributed by atoms with Crippen LogP contribution in [0.15, 0.2) is 42.5 Å². The standard InChI is InChI=1S/C23H29FN2O2/c1-25(21-9-5-8-20(15-21)19-6-3-2-4-7-19)12-13-26(17-28)23-11-10-18(16-27)14-22(23)24/h5,8-11,14-15,17,19,27H,2-4,6-7,12-13,16H2,1H3. The first-order chi connectivity index (χ1) is 13.6. The number of nitrogens with zero attached hydrogens (tertiary/aromatic N) is 2. The van der Waals surface area contributed by atoms with Crippen LogP contribution in [0.1, 0.15) is 49.1 Å². The van der Waals surface area contributed by atoms with E-state index in [1.807, 2.05) is 7.05 Å². The lowest BCUT2D eigenvalue weighted by Gasteiger charge is -2.26. The molecule has 2 aromatic rings. The van der Waals surface area contributed by atoms with Crippen molar-refractivity contribution in [3.63, 3.8) is 0 Å². The zero-order valence-corrected chi connectivity index (χ0v) is 16.5. The number of aliphatic hydroxyl groups is 1. The number of anilines is 2. The summed E-state index contributed by atoms with van der Waals surface area (Å²) in [5.41, 5.74) is 3.23. The van der Waals surface area contributed by atoms with E-state index in [4.69, 9.17) is 5.11 Å². The van der Waals surface area contributed by atoms with Crippen molar-refractivity contribution >= 4 is 17.8 Å². The number of aliphatic hydroxyl groups excluding tert-OH is 1. The zero-order chi connectivity index (χ0) is 19.9. The molecule has 1 aliphatic rings. The molecule has 1 saturated carbocycles. The Labute approximate surface area is 166 Å². The molecule has 0 spiro atoms. The van der Waals surface area contributed by atoms with Crippen LogP contribution < -0.4 is 9.80 Å². The summed E-state index contributed by atoms with van der Waals surface area (Å²) in [6, 6.07) is 13.1. The van der Waals surface area contributed by atoms with Crippen LogP contribution in [0.2, 0.25) is 0 Å². The van der Waals surface area contributed by atoms with Gasteiger partial charge in [0, 0.05) is 25.8 Å². The van der Waals surface area contributed by atoms with Crippen LogP contribution in [-0.2, 0) is 11.4 Å². The number of rotatable bonds is 8. The van der Waals surface area contributed by atoms with Crippen molar-refractivity contribution in [1.82, 2.24) is 0 Å². The van der Waals surface area contributed by atoms with Crippen LogP contribution in [0.25, 0.3) is 0 Å². The van der Waals surface area contributed by atoms with Gasteiger partial charge in [0.05, 0.1) is 12.3 Å². The predicted octanol–water partition coefficient (Wildman–Crippen LogP) is 4.46. The van der Waals surface area contributed by atoms with Gasteiger partial charge in [-0.1, -0.05) is 37.5 Å². The maximum absolute atomic E-state index is 14.3. The van der Waals surface area contributed by atoms with Gasteiger partial charge in [-0.25, -0.2) is 4.39 Å². The van der Waals surface area contributed by atoms with E-state index in [1.165, 1.54) is 48.6 Å². The maximum Gasteiger partial charge on any atom is 0.214 e. The summed E-state index contributed by atoms with van der Waals surface area (Å²) in [6.07, 6.45) is 7.13. The molecule has 0 aliphatic heterocycles. The molecule has 3 rings (SSSR count). The van der Waals surface area contributed by atoms with Crippen molar-refractivity contribution in [2.24, 2.45) is 0 Å². The van der Waals surface area contributed by atoms with E-state index in [9.17, 15) is 9.18 Å². The molecule has 0 aromatic heterocycles. The highest BCUT2D eigenvalue weighted by Crippen LogP contribution is 2.34. The Balaban J connectivity index is 1.65. The van der Waals surface area contributed by atoms with Gasteiger partial charge in [0.25, 0.3) is 0 Å². The fraction of sp³-hybridized carbons (Fsp3) is 0.435. The Kier molecular flexibility index (Phi) is 7.04. The van der Waals surface area contributed by atoms with Gasteiger partial charge in [-0.3, -0.25) is 4.79 Å². The molecule has 0 radical (unpaired) electrons. The highest BCUT2D eigenvalue weighted by atomic mass is 19.1. The van der Waals surface area contributed by atoms with Crippen LogP contribution in [0.4, 0.5) is 15.8 Å². The summed E-state index contributed by atoms with van der Waals surface area (Å²) in [7, 11) is 1.99. The molecule has 0 unspecified atom stereocenters. The summed E-state index contributed by atoms with van der Waals surface area (Å²) in [4.78, 5) is 15.0. The minimum Gasteiger partial charge on any atom is -0.392 e. The van der Waals surface area contributed by atoms with Crippen molar-refractivity contribution < 1.29 is 14.3 Å². The summed E-state index contributed by atoms with van der Waals surface area (Å²) < 4.78 is 14.3. The quantitative estimate of drug-likeness (QED) is 0.683. The summed E-state index contributed by atoms with van der Waals surface area (Å²) in [5, 5.41) is 9.11. The van der Waals surface area contributed by atoms with Gasteiger partial charge in [-0.15, -0.1) is 0 Å². The van der Waals surface area contributed by atoms with E-state index in [2.05, 4.69) is 29.2 Å². The normalized spacial score (nSPS) is 14.7. The molecule has 5 heteroatoms. The third-order valence-corrected chi connectivity index (χ3v) is 5.70. The molecule has 150 valence electrons. The van der Waals surface area contributed by atoms with Crippen LogP contribution in [0.3, 0.4) is 0 Å². The van der Waals surface area contributed by atoms with Crippen LogP contribution in [0.5, 0.6) is 0 Å². The van der Waals surface area contributed by atoms with Crippen molar-refractivity contribution in [2.75, 3.05) is 29.9 Å². The van der Waals surface area contributed by atoms with Gasteiger partial charge in [-0.2, -0.15) is 0 Å². The lowest BCUT2D eigenvalue weighted by Crippen LogP contribution is -2.33. The first-order valence-corrected chi connectivity index (χ1v) is 10.0. The number of halogens is 1. The highest BCUT2D eigenvalue weighted by molar-refractivity contribution is 5.75. The van der Waals surface area contributed by atoms with E-state index < -0.39 is 5.82 Å². The maximum atomic E-state index is 14.3. The van der Waals surface area contributed by atoms with Gasteiger partial charge < -0.3 is 14.9 Å². The topological polar surface area (TPSA) is 43.8 Å². The number of amides is 1. The van der Waals surface area contributed by atoms with E-state index in [0.29, 0.717) is 31.0 Å². The number of carbonyl (C=O) groups is 1. The van der Waals surface area contributed by atoms with Gasteiger partial charge in [0.1, 0.15) is 5.82 Å². The highest BCUT2D eigenvalue weighted by Gasteiger charge is 2.17. The summed E-state index contributed by atoms with van der Waals surface area (Å²) >= 11 is 0. The molecule has 0 heterocycles. The van der Waals surface area contributed by atoms with Crippen molar-refractivity contribution in [3.8, 4) is 0 Å². The third kappa shape index (κ3) is 4.90. The molecule has 1 amide bonds. The molecular formula is C23H29FN2O2. The molecule has 0 bridgehead atoms. The van der Waals surface area contributed by atoms with Crippen molar-refractivity contribution in [1.29, 1.82) is 0 Å². The number of hydrogen-bond donors (Lipinski definition) is 1. The second-order valence-corrected chi connectivity index (χ2v) is 7.59. The molecule has 1 aliphatic carbocycles. The van der Waals surface area contributed by atoms with Crippen LogP contribution in [0, 0.1) is 5.82 Å². The molecule has 1 fully saturated rings. The molecule has 28 heavy (non-hydrogen) atoms. The minimum absolute atomic E-state index is 0.224. The number of carbonyl (C=O) groups excluding carboxylic acids is 1. The number of benzene rings is 2. The molecular weight excluding hydrogens is 355 g/mol. The van der Waals surface area contributed by atoms with Crippen molar-refractivity contribution in [3.05, 3.63) is 59.4 Å². The molecule has 4 nitrogen and oxygen atoms in total. The van der Waals surface area contributed by atoms with Gasteiger partial charge in [0.2, 0.25) is 6.41 Å². The Morgan fingerprint density at radius 2 is 1.89 bits per heavy atom. The lowest BCUT2D eigenvalue weighted by atomic mass is 9.84. The van der Waals surface area contributed by atoms with Gasteiger partial charge in [-0.05, 0) is 54.2 Å². The molecule has 2 aromatic carbocycles. The third-order valence-electron chi connectivity index (χ3n) is 5.70. The number of likely N-dealkylation sites (N-methyl/N-ethyl adjacent to an activating group) is 1. The average molecular weight is 384 g/mol. The SMILES string of the molecule is CN(CCN(C=O)c1ccc(CO)cc1F)c1cccc(C2CCCCC2)c1. The van der Waals surface area contributed by atoms with Crippen LogP contribution in [-0.4, -0.2) is 31.7 Å². The van der Waals surface area contributed by atoms with Crippen LogP contribution >= 0.6 is 0 Å². The van der Waals surface area contributed by atoms with E-state index in [-0.39, 0.29) is 12.3 Å². The fourth-order valence-corrected chi connectivity index (χ4v) is 3.95. The van der Waals surface area contributed by atoms with Gasteiger partial charge >= 0.3 is 0 Å². The Morgan fingerprint density at radius 3 is 2.57 bits per heavy atom. The molecule has 1 N–H and O–H groups in total. The fourth-order valence-electron chi connectivity index (χ4n) is 3.95. The van der Waals surface area contributed by atoms with E-state index in [1.54, 1.807) is 12.1 Å². The second kappa shape index (κ2) is 9.69. The summed E-state index contributed by atoms with van der Waals surface area (Å²) in [5.74, 6) is 0.147. The van der Waals surface area contributed by atoms with Crippen molar-refractivity contribution in [2.45, 2.75) is 44.6 Å². The Bertz CT molecular complexity index is 790. The lowest BCUT2D eigenvalue weighted by molar-refractivity contribution is -0.107. The Morgan fingerprint density at radius 1 is 1.11 bits per heavy atom. The summed E-state index contributed by atoms with van der Waals surface area (Å²) in [6.45, 7) is 0.745. The minimum atomic E-state index is -0.499. The second-order valence-electron chi connectivity index (χ2n) is 7.59. The first-order valence-electron chi connectivity index (χ1n) is 10.0. The number of hydrogen-bond acceptors (Lipinski definition) is 3. The zero-order valence-electron chi connectivity index (χ0n) is 16.5. The largest absolute Gasteiger partial charge is 0.392 e. The predicted molar refractivity (Wildman–Crippen MR) is 111 cm³/mol.